The molecule has 92 valence electrons. The largest absolute Gasteiger partial charge is 0.391 e. The Morgan fingerprint density at radius 3 is 2.78 bits per heavy atom. The lowest BCUT2D eigenvalue weighted by molar-refractivity contribution is 0.140. The van der Waals surface area contributed by atoms with E-state index in [-0.39, 0.29) is 12.1 Å². The lowest BCUT2D eigenvalue weighted by atomic mass is 10.1. The summed E-state index contributed by atoms with van der Waals surface area (Å²) in [6.07, 6.45) is 3.99. The van der Waals surface area contributed by atoms with E-state index in [1.54, 1.807) is 12.4 Å². The van der Waals surface area contributed by atoms with Crippen molar-refractivity contribution in [3.63, 3.8) is 0 Å². The summed E-state index contributed by atoms with van der Waals surface area (Å²) < 4.78 is 0. The van der Waals surface area contributed by atoms with E-state index < -0.39 is 0 Å². The molecule has 3 nitrogen and oxygen atoms in total. The van der Waals surface area contributed by atoms with Crippen LogP contribution in [0.5, 0.6) is 0 Å². The second kappa shape index (κ2) is 4.88. The fourth-order valence-corrected chi connectivity index (χ4v) is 2.55. The molecule has 18 heavy (non-hydrogen) atoms. The van der Waals surface area contributed by atoms with Crippen molar-refractivity contribution in [1.29, 1.82) is 0 Å². The normalized spacial score (nSPS) is 21.8. The van der Waals surface area contributed by atoms with Crippen molar-refractivity contribution in [3.05, 3.63) is 65.5 Å². The average molecular weight is 240 g/mol. The zero-order valence-corrected chi connectivity index (χ0v) is 10.1. The lowest BCUT2D eigenvalue weighted by Gasteiger charge is -2.17. The fraction of sp³-hybridized carbons (Fsp3) is 0.267. The Bertz CT molecular complexity index is 527. The highest BCUT2D eigenvalue weighted by molar-refractivity contribution is 5.36. The van der Waals surface area contributed by atoms with E-state index in [2.05, 4.69) is 22.4 Å². The highest BCUT2D eigenvalue weighted by Crippen LogP contribution is 2.31. The van der Waals surface area contributed by atoms with Gasteiger partial charge in [0.15, 0.2) is 0 Å². The molecule has 0 bridgehead atoms. The third kappa shape index (κ3) is 2.15. The maximum absolute atomic E-state index is 10.1. The smallest absolute Gasteiger partial charge is 0.0775 e. The molecular weight excluding hydrogens is 224 g/mol. The van der Waals surface area contributed by atoms with Crippen LogP contribution in [0.4, 0.5) is 0 Å². The molecule has 0 amide bonds. The summed E-state index contributed by atoms with van der Waals surface area (Å²) in [6, 6.07) is 12.2. The molecule has 0 spiro atoms. The molecule has 1 aliphatic carbocycles. The average Bonchev–Trinajstić information content (AvgIpc) is 2.73. The van der Waals surface area contributed by atoms with Crippen molar-refractivity contribution < 1.29 is 5.11 Å². The zero-order valence-electron chi connectivity index (χ0n) is 10.1. The van der Waals surface area contributed by atoms with E-state index in [1.807, 2.05) is 24.3 Å². The van der Waals surface area contributed by atoms with Crippen molar-refractivity contribution in [2.75, 3.05) is 0 Å². The number of aliphatic hydroxyl groups excluding tert-OH is 1. The molecule has 0 saturated heterocycles. The third-order valence-corrected chi connectivity index (χ3v) is 3.48. The molecule has 1 aromatic heterocycles. The zero-order chi connectivity index (χ0) is 12.4. The quantitative estimate of drug-likeness (QED) is 0.860. The highest BCUT2D eigenvalue weighted by atomic mass is 16.3. The molecule has 2 unspecified atom stereocenters. The van der Waals surface area contributed by atoms with Crippen LogP contribution in [0.25, 0.3) is 0 Å². The minimum Gasteiger partial charge on any atom is -0.391 e. The number of benzene rings is 1. The molecule has 2 aromatic rings. The summed E-state index contributed by atoms with van der Waals surface area (Å²) in [6.45, 7) is 0.749. The van der Waals surface area contributed by atoms with Gasteiger partial charge in [-0.25, -0.2) is 0 Å². The second-order valence-corrected chi connectivity index (χ2v) is 4.68. The molecule has 3 heteroatoms. The van der Waals surface area contributed by atoms with Crippen LogP contribution in [0.15, 0.2) is 48.8 Å². The standard InChI is InChI=1S/C15H16N2O/c18-14-9-12-3-1-2-4-13(12)15(14)17-10-11-5-7-16-8-6-11/h1-8,14-15,17-18H,9-10H2. The molecule has 0 aliphatic heterocycles. The number of rotatable bonds is 3. The lowest BCUT2D eigenvalue weighted by Crippen LogP contribution is -2.28. The van der Waals surface area contributed by atoms with Gasteiger partial charge in [-0.1, -0.05) is 24.3 Å². The first kappa shape index (κ1) is 11.4. The van der Waals surface area contributed by atoms with Crippen LogP contribution in [0, 0.1) is 0 Å². The van der Waals surface area contributed by atoms with Gasteiger partial charge in [0.2, 0.25) is 0 Å². The van der Waals surface area contributed by atoms with Crippen molar-refractivity contribution in [2.24, 2.45) is 0 Å². The molecule has 1 aliphatic rings. The van der Waals surface area contributed by atoms with Crippen LogP contribution in [-0.4, -0.2) is 16.2 Å². The van der Waals surface area contributed by atoms with E-state index in [1.165, 1.54) is 16.7 Å². The van der Waals surface area contributed by atoms with Crippen LogP contribution >= 0.6 is 0 Å². The summed E-state index contributed by atoms with van der Waals surface area (Å²) in [5, 5.41) is 13.5. The minimum absolute atomic E-state index is 0.0364. The number of pyridine rings is 1. The van der Waals surface area contributed by atoms with E-state index >= 15 is 0 Å². The number of fused-ring (bicyclic) bond motifs is 1. The monoisotopic (exact) mass is 240 g/mol. The molecule has 2 atom stereocenters. The topological polar surface area (TPSA) is 45.1 Å². The first-order valence-corrected chi connectivity index (χ1v) is 6.23. The molecule has 1 heterocycles. The Morgan fingerprint density at radius 2 is 1.94 bits per heavy atom. The van der Waals surface area contributed by atoms with Crippen LogP contribution in [0.2, 0.25) is 0 Å². The van der Waals surface area contributed by atoms with E-state index in [9.17, 15) is 5.11 Å². The molecule has 0 saturated carbocycles. The van der Waals surface area contributed by atoms with Gasteiger partial charge in [0.1, 0.15) is 0 Å². The summed E-state index contributed by atoms with van der Waals surface area (Å²) in [7, 11) is 0. The first-order valence-electron chi connectivity index (χ1n) is 6.23. The summed E-state index contributed by atoms with van der Waals surface area (Å²) in [5.74, 6) is 0. The van der Waals surface area contributed by atoms with Gasteiger partial charge in [0.25, 0.3) is 0 Å². The SMILES string of the molecule is OC1Cc2ccccc2C1NCc1ccncc1. The summed E-state index contributed by atoms with van der Waals surface area (Å²) in [5.41, 5.74) is 3.65. The summed E-state index contributed by atoms with van der Waals surface area (Å²) in [4.78, 5) is 4.00. The van der Waals surface area contributed by atoms with Crippen LogP contribution < -0.4 is 5.32 Å². The van der Waals surface area contributed by atoms with Crippen LogP contribution in [0.1, 0.15) is 22.7 Å². The number of hydrogen-bond acceptors (Lipinski definition) is 3. The maximum Gasteiger partial charge on any atom is 0.0775 e. The van der Waals surface area contributed by atoms with Crippen molar-refractivity contribution >= 4 is 0 Å². The van der Waals surface area contributed by atoms with Gasteiger partial charge in [0.05, 0.1) is 12.1 Å². The van der Waals surface area contributed by atoms with E-state index in [0.717, 1.165) is 13.0 Å². The van der Waals surface area contributed by atoms with E-state index in [4.69, 9.17) is 0 Å². The Hall–Kier alpha value is -1.71. The molecule has 1 aromatic carbocycles. The van der Waals surface area contributed by atoms with Gasteiger partial charge in [-0.2, -0.15) is 0 Å². The predicted octanol–water partition coefficient (Wildman–Crippen LogP) is 1.83. The predicted molar refractivity (Wildman–Crippen MR) is 70.0 cm³/mol. The van der Waals surface area contributed by atoms with Crippen molar-refractivity contribution in [1.82, 2.24) is 10.3 Å². The summed E-state index contributed by atoms with van der Waals surface area (Å²) >= 11 is 0. The first-order chi connectivity index (χ1) is 8.84. The Kier molecular flexibility index (Phi) is 3.09. The number of nitrogens with one attached hydrogen (secondary N) is 1. The van der Waals surface area contributed by atoms with Crippen LogP contribution in [0.3, 0.4) is 0 Å². The maximum atomic E-state index is 10.1. The Morgan fingerprint density at radius 1 is 1.17 bits per heavy atom. The van der Waals surface area contributed by atoms with Crippen molar-refractivity contribution in [3.8, 4) is 0 Å². The highest BCUT2D eigenvalue weighted by Gasteiger charge is 2.29. The minimum atomic E-state index is -0.329. The van der Waals surface area contributed by atoms with Gasteiger partial charge in [-0.05, 0) is 28.8 Å². The Labute approximate surface area is 107 Å². The third-order valence-electron chi connectivity index (χ3n) is 3.48. The van der Waals surface area contributed by atoms with Gasteiger partial charge in [-0.3, -0.25) is 4.98 Å². The molecule has 3 rings (SSSR count). The van der Waals surface area contributed by atoms with Crippen molar-refractivity contribution in [2.45, 2.75) is 25.1 Å². The van der Waals surface area contributed by atoms with Gasteiger partial charge in [0, 0.05) is 25.4 Å². The van der Waals surface area contributed by atoms with Gasteiger partial charge >= 0.3 is 0 Å². The molecule has 0 radical (unpaired) electrons. The number of nitrogens with zero attached hydrogens (tertiary/aromatic N) is 1. The van der Waals surface area contributed by atoms with Crippen LogP contribution in [-0.2, 0) is 13.0 Å². The fourth-order valence-electron chi connectivity index (χ4n) is 2.55. The molecule has 2 N–H and O–H groups in total. The molecular formula is C15H16N2O. The second-order valence-electron chi connectivity index (χ2n) is 4.68. The van der Waals surface area contributed by atoms with E-state index in [0.29, 0.717) is 0 Å². The Balaban J connectivity index is 1.74. The number of hydrogen-bond donors (Lipinski definition) is 2. The number of aromatic nitrogens is 1. The molecule has 0 fully saturated rings. The van der Waals surface area contributed by atoms with Gasteiger partial charge in [-0.15, -0.1) is 0 Å². The van der Waals surface area contributed by atoms with Gasteiger partial charge < -0.3 is 10.4 Å². The number of aliphatic hydroxyl groups is 1.